The van der Waals surface area contributed by atoms with Gasteiger partial charge in [0.25, 0.3) is 5.69 Å². The number of carbonyl (C=O) groups excluding carboxylic acids is 1. The Hall–Kier alpha value is -2.49. The van der Waals surface area contributed by atoms with Gasteiger partial charge in [-0.15, -0.1) is 0 Å². The molecule has 0 amide bonds. The first-order valence-corrected chi connectivity index (χ1v) is 6.99. The molecule has 4 nitrogen and oxygen atoms in total. The number of non-ortho nitro benzene ring substituents is 1. The molecule has 2 aromatic carbocycles. The van der Waals surface area contributed by atoms with Crippen molar-refractivity contribution >= 4 is 11.5 Å². The maximum atomic E-state index is 12.6. The standard InChI is InChI=1S/C17H13NO3/c19-16-14-7-2-1-4-12(14)9-17(16)10-15(17)11-5-3-6-13(8-11)18(20)21/h1-8,15H,9-10H2/t15-,17+/m0/s1. The van der Waals surface area contributed by atoms with Crippen LogP contribution in [0.2, 0.25) is 0 Å². The second-order valence-corrected chi connectivity index (χ2v) is 5.93. The number of benzene rings is 2. The number of Topliss-reactive ketones (excluding diaryl/α,β-unsaturated/α-hetero) is 1. The quantitative estimate of drug-likeness (QED) is 0.624. The fraction of sp³-hybridized carbons (Fsp3) is 0.235. The average molecular weight is 279 g/mol. The molecule has 4 rings (SSSR count). The van der Waals surface area contributed by atoms with Crippen LogP contribution in [0.4, 0.5) is 5.69 Å². The number of nitrogens with zero attached hydrogens (tertiary/aromatic N) is 1. The minimum absolute atomic E-state index is 0.0949. The van der Waals surface area contributed by atoms with Crippen molar-refractivity contribution in [1.82, 2.24) is 0 Å². The number of nitro groups is 1. The van der Waals surface area contributed by atoms with E-state index in [0.717, 1.165) is 29.5 Å². The van der Waals surface area contributed by atoms with E-state index in [-0.39, 0.29) is 27.7 Å². The van der Waals surface area contributed by atoms with E-state index in [9.17, 15) is 14.9 Å². The van der Waals surface area contributed by atoms with Crippen LogP contribution < -0.4 is 0 Å². The van der Waals surface area contributed by atoms with Crippen molar-refractivity contribution in [3.05, 3.63) is 75.3 Å². The molecule has 0 aromatic heterocycles. The largest absolute Gasteiger partial charge is 0.294 e. The van der Waals surface area contributed by atoms with Gasteiger partial charge in [-0.2, -0.15) is 0 Å². The smallest absolute Gasteiger partial charge is 0.269 e. The van der Waals surface area contributed by atoms with Crippen LogP contribution >= 0.6 is 0 Å². The number of nitro benzene ring substituents is 1. The Bertz CT molecular complexity index is 783. The van der Waals surface area contributed by atoms with Crippen molar-refractivity contribution in [3.63, 3.8) is 0 Å². The molecular weight excluding hydrogens is 266 g/mol. The highest BCUT2D eigenvalue weighted by Crippen LogP contribution is 2.65. The lowest BCUT2D eigenvalue weighted by Crippen LogP contribution is -2.12. The third-order valence-electron chi connectivity index (χ3n) is 4.78. The molecule has 0 bridgehead atoms. The summed E-state index contributed by atoms with van der Waals surface area (Å²) >= 11 is 0. The maximum Gasteiger partial charge on any atom is 0.269 e. The van der Waals surface area contributed by atoms with Crippen molar-refractivity contribution in [2.45, 2.75) is 18.8 Å². The summed E-state index contributed by atoms with van der Waals surface area (Å²) < 4.78 is 0. The molecule has 2 atom stereocenters. The zero-order valence-electron chi connectivity index (χ0n) is 11.3. The zero-order chi connectivity index (χ0) is 14.6. The molecule has 0 saturated heterocycles. The van der Waals surface area contributed by atoms with E-state index in [1.807, 2.05) is 30.3 Å². The monoisotopic (exact) mass is 279 g/mol. The summed E-state index contributed by atoms with van der Waals surface area (Å²) in [5.41, 5.74) is 2.59. The Labute approximate surface area is 121 Å². The van der Waals surface area contributed by atoms with E-state index < -0.39 is 0 Å². The molecule has 4 heteroatoms. The summed E-state index contributed by atoms with van der Waals surface area (Å²) in [7, 11) is 0. The number of rotatable bonds is 2. The van der Waals surface area contributed by atoms with E-state index in [1.165, 1.54) is 6.07 Å². The van der Waals surface area contributed by atoms with Crippen LogP contribution in [0.15, 0.2) is 48.5 Å². The van der Waals surface area contributed by atoms with E-state index >= 15 is 0 Å². The molecule has 0 heterocycles. The first kappa shape index (κ1) is 12.3. The lowest BCUT2D eigenvalue weighted by molar-refractivity contribution is -0.384. The first-order chi connectivity index (χ1) is 10.1. The zero-order valence-corrected chi connectivity index (χ0v) is 11.3. The van der Waals surface area contributed by atoms with Gasteiger partial charge in [-0.3, -0.25) is 14.9 Å². The van der Waals surface area contributed by atoms with Gasteiger partial charge < -0.3 is 0 Å². The second-order valence-electron chi connectivity index (χ2n) is 5.93. The predicted octanol–water partition coefficient (Wildman–Crippen LogP) is 3.51. The van der Waals surface area contributed by atoms with Gasteiger partial charge >= 0.3 is 0 Å². The average Bonchev–Trinajstić information content (AvgIpc) is 3.15. The van der Waals surface area contributed by atoms with Crippen LogP contribution in [0.1, 0.15) is 33.8 Å². The van der Waals surface area contributed by atoms with Crippen LogP contribution in [0.3, 0.4) is 0 Å². The number of ketones is 1. The summed E-state index contributed by atoms with van der Waals surface area (Å²) in [6, 6.07) is 14.4. The summed E-state index contributed by atoms with van der Waals surface area (Å²) in [4.78, 5) is 23.2. The maximum absolute atomic E-state index is 12.6. The summed E-state index contributed by atoms with van der Waals surface area (Å²) in [5, 5.41) is 10.9. The predicted molar refractivity (Wildman–Crippen MR) is 77.4 cm³/mol. The summed E-state index contributed by atoms with van der Waals surface area (Å²) in [5.74, 6) is 0.312. The Balaban J connectivity index is 1.69. The number of fused-ring (bicyclic) bond motifs is 1. The molecule has 0 N–H and O–H groups in total. The van der Waals surface area contributed by atoms with E-state index in [1.54, 1.807) is 12.1 Å². The van der Waals surface area contributed by atoms with E-state index in [4.69, 9.17) is 0 Å². The molecule has 1 saturated carbocycles. The Morgan fingerprint density at radius 3 is 2.71 bits per heavy atom. The molecule has 104 valence electrons. The molecule has 1 spiro atoms. The van der Waals surface area contributed by atoms with Gasteiger partial charge in [0.05, 0.1) is 4.92 Å². The van der Waals surface area contributed by atoms with Gasteiger partial charge in [-0.05, 0) is 29.9 Å². The lowest BCUT2D eigenvalue weighted by atomic mass is 9.95. The molecule has 2 aliphatic rings. The molecular formula is C17H13NO3. The summed E-state index contributed by atoms with van der Waals surface area (Å²) in [6.45, 7) is 0. The molecule has 2 aromatic rings. The van der Waals surface area contributed by atoms with Gasteiger partial charge in [-0.25, -0.2) is 0 Å². The van der Waals surface area contributed by atoms with E-state index in [0.29, 0.717) is 0 Å². The highest BCUT2D eigenvalue weighted by molar-refractivity contribution is 6.07. The molecule has 1 fully saturated rings. The molecule has 0 unspecified atom stereocenters. The highest BCUT2D eigenvalue weighted by atomic mass is 16.6. The second kappa shape index (κ2) is 4.01. The van der Waals surface area contributed by atoms with Crippen molar-refractivity contribution in [1.29, 1.82) is 0 Å². The number of carbonyl (C=O) groups is 1. The van der Waals surface area contributed by atoms with Crippen LogP contribution in [0.5, 0.6) is 0 Å². The number of hydrogen-bond acceptors (Lipinski definition) is 3. The van der Waals surface area contributed by atoms with Crippen LogP contribution in [0, 0.1) is 15.5 Å². The summed E-state index contributed by atoms with van der Waals surface area (Å²) in [6.07, 6.45) is 1.55. The van der Waals surface area contributed by atoms with Gasteiger partial charge in [0.2, 0.25) is 0 Å². The van der Waals surface area contributed by atoms with E-state index in [2.05, 4.69) is 0 Å². The topological polar surface area (TPSA) is 60.2 Å². The van der Waals surface area contributed by atoms with Crippen molar-refractivity contribution in [3.8, 4) is 0 Å². The third-order valence-corrected chi connectivity index (χ3v) is 4.78. The van der Waals surface area contributed by atoms with Gasteiger partial charge in [0.15, 0.2) is 5.78 Å². The fourth-order valence-corrected chi connectivity index (χ4v) is 3.63. The Kier molecular flexibility index (Phi) is 2.34. The third kappa shape index (κ3) is 1.65. The van der Waals surface area contributed by atoms with Crippen LogP contribution in [-0.4, -0.2) is 10.7 Å². The van der Waals surface area contributed by atoms with Crippen LogP contribution in [0.25, 0.3) is 0 Å². The number of hydrogen-bond donors (Lipinski definition) is 0. The van der Waals surface area contributed by atoms with Crippen molar-refractivity contribution in [2.75, 3.05) is 0 Å². The molecule has 2 aliphatic carbocycles. The van der Waals surface area contributed by atoms with Gasteiger partial charge in [0.1, 0.15) is 0 Å². The Morgan fingerprint density at radius 2 is 1.95 bits per heavy atom. The lowest BCUT2D eigenvalue weighted by Gasteiger charge is -2.07. The first-order valence-electron chi connectivity index (χ1n) is 6.99. The van der Waals surface area contributed by atoms with Gasteiger partial charge in [-0.1, -0.05) is 36.4 Å². The van der Waals surface area contributed by atoms with Gasteiger partial charge in [0, 0.05) is 23.1 Å². The van der Waals surface area contributed by atoms with Crippen LogP contribution in [-0.2, 0) is 6.42 Å². The SMILES string of the molecule is O=C1c2ccccc2C[C@]12C[C@H]2c1cccc([N+](=O)[O-])c1. The molecule has 0 aliphatic heterocycles. The van der Waals surface area contributed by atoms with Crippen molar-refractivity contribution < 1.29 is 9.72 Å². The van der Waals surface area contributed by atoms with Crippen molar-refractivity contribution in [2.24, 2.45) is 5.41 Å². The minimum Gasteiger partial charge on any atom is -0.294 e. The normalized spacial score (nSPS) is 25.9. The molecule has 21 heavy (non-hydrogen) atoms. The Morgan fingerprint density at radius 1 is 1.14 bits per heavy atom. The fourth-order valence-electron chi connectivity index (χ4n) is 3.63. The molecule has 0 radical (unpaired) electrons. The highest BCUT2D eigenvalue weighted by Gasteiger charge is 2.63. The minimum atomic E-state index is -0.385.